The summed E-state index contributed by atoms with van der Waals surface area (Å²) in [6.45, 7) is 25.9. The molecule has 0 radical (unpaired) electrons. The monoisotopic (exact) mass is 999 g/mol. The molecule has 0 saturated carbocycles. The third kappa shape index (κ3) is 16.4. The summed E-state index contributed by atoms with van der Waals surface area (Å²) in [6, 6.07) is 16.3. The molecule has 0 N–H and O–H groups in total. The van der Waals surface area contributed by atoms with Gasteiger partial charge in [-0.05, 0) is 188 Å². The predicted octanol–water partition coefficient (Wildman–Crippen LogP) is 17.7. The average molecular weight is 1000 g/mol. The van der Waals surface area contributed by atoms with Crippen LogP contribution < -0.4 is 20.4 Å². The molecule has 4 nitrogen and oxygen atoms in total. The molecule has 0 saturated heterocycles. The van der Waals surface area contributed by atoms with Crippen molar-refractivity contribution in [1.29, 1.82) is 0 Å². The van der Waals surface area contributed by atoms with E-state index in [1.54, 1.807) is 0 Å². The summed E-state index contributed by atoms with van der Waals surface area (Å²) in [5.41, 5.74) is 21.7. The maximum absolute atomic E-state index is 4.00. The Hall–Kier alpha value is -7.18. The standard InChI is InChI=1S/C50H53N3.C15H23N.2C2H6.C2H2/c1-4-51(42-22-16-21-38-17-10-7-6-8-11-18-39(38)26-29-42)43-31-33-44(34-32-43)53-49-24-15-14-23-47(49)48-36-46(28-25-37(3)50(48)53)52(5-2)45-30-27-40-19-12-9-13-20-41(40)35-45;1-6-9-10-12-14(4)13-15(11-7-2)16(5)8-3;3*1-2/h6-7,11-14,18-23,26-28,30-36H,4-5,8-10,15-17,24-25,29H2,1-3H3;6-7,9-10,12-13H,8H2,1-5H3;2*1-2H3;1-2H/b7-6?,18-11-,38-21?,39-26-,42-22+;9-6-,12-10-,14-13+;;;. The van der Waals surface area contributed by atoms with Crippen LogP contribution in [0.25, 0.3) is 35.6 Å². The molecule has 0 spiro atoms. The molecule has 8 rings (SSSR count). The molecule has 0 atom stereocenters. The van der Waals surface area contributed by atoms with Gasteiger partial charge in [0.15, 0.2) is 0 Å². The van der Waals surface area contributed by atoms with Gasteiger partial charge in [-0.25, -0.2) is 0 Å². The van der Waals surface area contributed by atoms with Crippen LogP contribution in [0.4, 0.5) is 11.4 Å². The molecule has 5 aliphatic rings. The van der Waals surface area contributed by atoms with Crippen molar-refractivity contribution >= 4 is 41.3 Å². The van der Waals surface area contributed by atoms with Crippen LogP contribution in [0.3, 0.4) is 0 Å². The number of hydrogen-bond donors (Lipinski definition) is 0. The highest BCUT2D eigenvalue weighted by molar-refractivity contribution is 5.75. The van der Waals surface area contributed by atoms with Crippen molar-refractivity contribution in [3.05, 3.63) is 218 Å². The number of allylic oxidation sites excluding steroid dienone is 20. The van der Waals surface area contributed by atoms with E-state index in [2.05, 4.69) is 225 Å². The molecule has 2 aromatic carbocycles. The molecule has 0 unspecified atom stereocenters. The van der Waals surface area contributed by atoms with Gasteiger partial charge in [0.1, 0.15) is 0 Å². The van der Waals surface area contributed by atoms with E-state index < -0.39 is 0 Å². The maximum Gasteiger partial charge on any atom is 0.0796 e. The minimum absolute atomic E-state index is 0.905. The van der Waals surface area contributed by atoms with Crippen LogP contribution >= 0.6 is 0 Å². The predicted molar refractivity (Wildman–Crippen MR) is 335 cm³/mol. The molecule has 5 aliphatic carbocycles. The first-order valence-electron chi connectivity index (χ1n) is 28.1. The van der Waals surface area contributed by atoms with E-state index in [1.165, 1.54) is 83.7 Å². The zero-order valence-corrected chi connectivity index (χ0v) is 48.1. The second-order valence-corrected chi connectivity index (χ2v) is 18.3. The Morgan fingerprint density at radius 3 is 2.09 bits per heavy atom. The molecule has 0 bridgehead atoms. The molecule has 0 amide bonds. The number of terminal acetylenes is 1. The zero-order chi connectivity index (χ0) is 54.5. The van der Waals surface area contributed by atoms with Gasteiger partial charge in [-0.1, -0.05) is 149 Å². The Morgan fingerprint density at radius 1 is 0.693 bits per heavy atom. The number of likely N-dealkylation sites (N-methyl/N-ethyl adjacent to an activating group) is 1. The van der Waals surface area contributed by atoms with Crippen LogP contribution in [0, 0.1) is 12.8 Å². The van der Waals surface area contributed by atoms with Crippen LogP contribution in [0.15, 0.2) is 185 Å². The molecular formula is C71H90N4. The molecule has 0 fully saturated rings. The average Bonchev–Trinajstić information content (AvgIpc) is 3.52. The zero-order valence-electron chi connectivity index (χ0n) is 48.1. The molecule has 4 heteroatoms. The van der Waals surface area contributed by atoms with E-state index in [1.807, 2.05) is 65.8 Å². The number of rotatable bonds is 12. The van der Waals surface area contributed by atoms with Crippen molar-refractivity contribution in [3.63, 3.8) is 0 Å². The fourth-order valence-electron chi connectivity index (χ4n) is 9.87. The van der Waals surface area contributed by atoms with Gasteiger partial charge in [-0.2, -0.15) is 0 Å². The van der Waals surface area contributed by atoms with Crippen molar-refractivity contribution in [3.8, 4) is 18.5 Å². The minimum atomic E-state index is 0.905. The summed E-state index contributed by atoms with van der Waals surface area (Å²) in [5.74, 6) is 0. The number of hydrogen-bond acceptors (Lipinski definition) is 3. The Morgan fingerprint density at radius 2 is 1.39 bits per heavy atom. The van der Waals surface area contributed by atoms with E-state index in [0.717, 1.165) is 83.1 Å². The van der Waals surface area contributed by atoms with E-state index in [4.69, 9.17) is 0 Å². The van der Waals surface area contributed by atoms with Gasteiger partial charge in [-0.15, -0.1) is 12.8 Å². The first-order chi connectivity index (χ1) is 36.8. The SMILES string of the molecule is C#C.CC.CC.CC=C=C(/C=C(C)/C=C\C=C/C)N(C)CC.CCN(C1=CCC(C)=c2c(c3c(n2-c2ccc(N(CC)/C4=C/CC=C5CCC=CC/C=C\C5=C\C4)cc2)CCC=C3)=C1)c1ccc2c(c1)C=CCC=C2. The van der Waals surface area contributed by atoms with E-state index >= 15 is 0 Å². The van der Waals surface area contributed by atoms with Crippen molar-refractivity contribution in [1.82, 2.24) is 9.47 Å². The van der Waals surface area contributed by atoms with E-state index in [0.29, 0.717) is 0 Å². The Labute approximate surface area is 455 Å². The number of fused-ring (bicyclic) bond motifs is 5. The Kier molecular flexibility index (Phi) is 26.5. The van der Waals surface area contributed by atoms with Gasteiger partial charge in [0.25, 0.3) is 0 Å². The quantitative estimate of drug-likeness (QED) is 0.0778. The van der Waals surface area contributed by atoms with Crippen molar-refractivity contribution < 1.29 is 0 Å². The fraction of sp³-hybridized carbons (Fsp3) is 0.338. The Bertz CT molecular complexity index is 2940. The van der Waals surface area contributed by atoms with Gasteiger partial charge in [0.05, 0.1) is 11.0 Å². The summed E-state index contributed by atoms with van der Waals surface area (Å²) in [5, 5.41) is 2.71. The van der Waals surface area contributed by atoms with Crippen LogP contribution in [0.2, 0.25) is 0 Å². The normalized spacial score (nSPS) is 17.1. The smallest absolute Gasteiger partial charge is 0.0796 e. The highest BCUT2D eigenvalue weighted by atomic mass is 15.1. The lowest BCUT2D eigenvalue weighted by atomic mass is 9.96. The third-order valence-corrected chi connectivity index (χ3v) is 13.6. The molecule has 394 valence electrons. The minimum Gasteiger partial charge on any atom is -0.369 e. The second kappa shape index (κ2) is 32.9. The molecule has 0 aliphatic heterocycles. The maximum atomic E-state index is 4.00. The van der Waals surface area contributed by atoms with Gasteiger partial charge in [0, 0.05) is 78.0 Å². The summed E-state index contributed by atoms with van der Waals surface area (Å²) >= 11 is 0. The number of aromatic nitrogens is 1. The number of nitrogens with zero attached hydrogens (tertiary/aromatic N) is 4. The first kappa shape index (κ1) is 60.4. The summed E-state index contributed by atoms with van der Waals surface area (Å²) < 4.78 is 2.58. The molecule has 1 heterocycles. The van der Waals surface area contributed by atoms with Crippen molar-refractivity contribution in [2.24, 2.45) is 0 Å². The highest BCUT2D eigenvalue weighted by Gasteiger charge is 2.22. The van der Waals surface area contributed by atoms with E-state index in [-0.39, 0.29) is 0 Å². The van der Waals surface area contributed by atoms with Crippen LogP contribution in [0.5, 0.6) is 0 Å². The van der Waals surface area contributed by atoms with E-state index in [9.17, 15) is 0 Å². The van der Waals surface area contributed by atoms with Gasteiger partial charge < -0.3 is 19.3 Å². The van der Waals surface area contributed by atoms with Crippen LogP contribution in [0.1, 0.15) is 150 Å². The molecule has 1 aromatic heterocycles. The van der Waals surface area contributed by atoms with Gasteiger partial charge in [0.2, 0.25) is 0 Å². The number of anilines is 2. The van der Waals surface area contributed by atoms with Crippen molar-refractivity contribution in [2.45, 2.75) is 134 Å². The van der Waals surface area contributed by atoms with Gasteiger partial charge in [-0.3, -0.25) is 0 Å². The first-order valence-corrected chi connectivity index (χ1v) is 28.1. The lowest BCUT2D eigenvalue weighted by molar-refractivity contribution is 0.456. The molecule has 3 aromatic rings. The fourth-order valence-corrected chi connectivity index (χ4v) is 9.87. The lowest BCUT2D eigenvalue weighted by Gasteiger charge is -2.27. The lowest BCUT2D eigenvalue weighted by Crippen LogP contribution is -2.32. The summed E-state index contributed by atoms with van der Waals surface area (Å²) in [4.78, 5) is 7.16. The number of benzene rings is 2. The van der Waals surface area contributed by atoms with Crippen LogP contribution in [-0.4, -0.2) is 36.1 Å². The highest BCUT2D eigenvalue weighted by Crippen LogP contribution is 2.31. The largest absolute Gasteiger partial charge is 0.369 e. The Balaban J connectivity index is 0.000000472. The molecule has 75 heavy (non-hydrogen) atoms. The molecular weight excluding hydrogens is 909 g/mol. The third-order valence-electron chi connectivity index (χ3n) is 13.6. The summed E-state index contributed by atoms with van der Waals surface area (Å²) in [7, 11) is 2.07. The summed E-state index contributed by atoms with van der Waals surface area (Å²) in [6.07, 6.45) is 64.7. The second-order valence-electron chi connectivity index (χ2n) is 18.3. The topological polar surface area (TPSA) is 14.7 Å². The van der Waals surface area contributed by atoms with Crippen molar-refractivity contribution in [2.75, 3.05) is 36.5 Å². The van der Waals surface area contributed by atoms with Gasteiger partial charge >= 0.3 is 0 Å². The van der Waals surface area contributed by atoms with Crippen LogP contribution in [-0.2, 0) is 6.42 Å².